The molecule has 0 saturated heterocycles. The van der Waals surface area contributed by atoms with Crippen LogP contribution in [-0.2, 0) is 10.1 Å². The molecule has 0 radical (unpaired) electrons. The molecule has 5 heteroatoms. The third-order valence-electron chi connectivity index (χ3n) is 4.99. The third kappa shape index (κ3) is 14.7. The van der Waals surface area contributed by atoms with Crippen molar-refractivity contribution in [1.29, 1.82) is 0 Å². The van der Waals surface area contributed by atoms with Gasteiger partial charge in [-0.25, -0.2) is 0 Å². The predicted octanol–water partition coefficient (Wildman–Crippen LogP) is 5.89. The highest BCUT2D eigenvalue weighted by Crippen LogP contribution is 2.18. The Labute approximate surface area is 156 Å². The zero-order chi connectivity index (χ0) is 19.0. The second-order valence-corrected chi connectivity index (χ2v) is 9.08. The molecule has 0 fully saturated rings. The lowest BCUT2D eigenvalue weighted by Crippen LogP contribution is -2.33. The van der Waals surface area contributed by atoms with Gasteiger partial charge in [-0.1, -0.05) is 104 Å². The Hall–Kier alpha value is -0.130. The van der Waals surface area contributed by atoms with Gasteiger partial charge in [-0.15, -0.1) is 0 Å². The van der Waals surface area contributed by atoms with Gasteiger partial charge in [0.05, 0.1) is 6.10 Å². The number of rotatable bonds is 18. The summed E-state index contributed by atoms with van der Waals surface area (Å²) in [4.78, 5) is 0. The molecule has 25 heavy (non-hydrogen) atoms. The van der Waals surface area contributed by atoms with Gasteiger partial charge in [0.15, 0.2) is 0 Å². The lowest BCUT2D eigenvalue weighted by Gasteiger charge is -2.19. The predicted molar refractivity (Wildman–Crippen MR) is 107 cm³/mol. The third-order valence-corrected chi connectivity index (χ3v) is 6.30. The van der Waals surface area contributed by atoms with Crippen LogP contribution in [0.1, 0.15) is 117 Å². The minimum atomic E-state index is -4.14. The van der Waals surface area contributed by atoms with Crippen LogP contribution in [0.2, 0.25) is 0 Å². The maximum absolute atomic E-state index is 11.3. The first-order valence-corrected chi connectivity index (χ1v) is 12.1. The van der Waals surface area contributed by atoms with Gasteiger partial charge in [0.25, 0.3) is 10.1 Å². The Bertz CT molecular complexity index is 381. The number of aliphatic hydroxyl groups is 1. The molecule has 0 aliphatic rings. The molecule has 0 aromatic heterocycles. The van der Waals surface area contributed by atoms with Gasteiger partial charge in [-0.05, 0) is 12.8 Å². The van der Waals surface area contributed by atoms with Crippen LogP contribution in [0.3, 0.4) is 0 Å². The zero-order valence-corrected chi connectivity index (χ0v) is 17.4. The molecule has 0 aliphatic carbocycles. The molecule has 0 saturated carbocycles. The van der Waals surface area contributed by atoms with Crippen LogP contribution in [0.25, 0.3) is 0 Å². The van der Waals surface area contributed by atoms with Crippen LogP contribution in [-0.4, -0.2) is 29.4 Å². The average molecular weight is 379 g/mol. The minimum Gasteiger partial charge on any atom is -0.392 e. The Morgan fingerprint density at radius 1 is 0.640 bits per heavy atom. The molecule has 152 valence electrons. The molecule has 0 heterocycles. The first-order chi connectivity index (χ1) is 11.9. The summed E-state index contributed by atoms with van der Waals surface area (Å²) in [6, 6.07) is 0. The Balaban J connectivity index is 3.51. The van der Waals surface area contributed by atoms with E-state index in [1.807, 2.05) is 6.92 Å². The van der Waals surface area contributed by atoms with Crippen molar-refractivity contribution in [3.63, 3.8) is 0 Å². The van der Waals surface area contributed by atoms with Crippen molar-refractivity contribution >= 4 is 10.1 Å². The summed E-state index contributed by atoms with van der Waals surface area (Å²) in [6.45, 7) is 4.11. The van der Waals surface area contributed by atoms with Crippen molar-refractivity contribution in [3.8, 4) is 0 Å². The van der Waals surface area contributed by atoms with Crippen LogP contribution >= 0.6 is 0 Å². The molecule has 0 aromatic carbocycles. The highest BCUT2D eigenvalue weighted by atomic mass is 32.2. The van der Waals surface area contributed by atoms with E-state index in [1.54, 1.807) is 0 Å². The van der Waals surface area contributed by atoms with E-state index in [2.05, 4.69) is 6.92 Å². The molecule has 0 bridgehead atoms. The lowest BCUT2D eigenvalue weighted by molar-refractivity contribution is 0.147. The monoisotopic (exact) mass is 378 g/mol. The molecule has 0 spiro atoms. The SMILES string of the molecule is CCCCCCCCCCCCCCCC(O)C(CCC)S(=O)(=O)O. The van der Waals surface area contributed by atoms with Crippen molar-refractivity contribution in [2.24, 2.45) is 0 Å². The summed E-state index contributed by atoms with van der Waals surface area (Å²) in [5, 5.41) is 8.99. The van der Waals surface area contributed by atoms with Crippen LogP contribution in [0.15, 0.2) is 0 Å². The maximum atomic E-state index is 11.3. The number of unbranched alkanes of at least 4 members (excludes halogenated alkanes) is 12. The van der Waals surface area contributed by atoms with Gasteiger partial charge in [0.1, 0.15) is 5.25 Å². The van der Waals surface area contributed by atoms with Crippen molar-refractivity contribution in [1.82, 2.24) is 0 Å². The number of hydrogen-bond acceptors (Lipinski definition) is 3. The minimum absolute atomic E-state index is 0.318. The van der Waals surface area contributed by atoms with Crippen LogP contribution in [0.4, 0.5) is 0 Å². The van der Waals surface area contributed by atoms with Gasteiger partial charge in [-0.3, -0.25) is 4.55 Å². The van der Waals surface area contributed by atoms with Crippen LogP contribution < -0.4 is 0 Å². The van der Waals surface area contributed by atoms with Crippen LogP contribution in [0.5, 0.6) is 0 Å². The molecule has 0 aliphatic heterocycles. The number of hydrogen-bond donors (Lipinski definition) is 2. The van der Waals surface area contributed by atoms with Crippen molar-refractivity contribution < 1.29 is 18.1 Å². The van der Waals surface area contributed by atoms with E-state index in [1.165, 1.54) is 64.2 Å². The maximum Gasteiger partial charge on any atom is 0.270 e. The van der Waals surface area contributed by atoms with E-state index in [9.17, 15) is 18.1 Å². The van der Waals surface area contributed by atoms with Gasteiger partial charge in [-0.2, -0.15) is 8.42 Å². The fraction of sp³-hybridized carbons (Fsp3) is 1.00. The summed E-state index contributed by atoms with van der Waals surface area (Å²) in [7, 11) is -4.14. The topological polar surface area (TPSA) is 74.6 Å². The molecule has 2 atom stereocenters. The zero-order valence-electron chi connectivity index (χ0n) is 16.6. The highest BCUT2D eigenvalue weighted by Gasteiger charge is 2.29. The highest BCUT2D eigenvalue weighted by molar-refractivity contribution is 7.86. The Morgan fingerprint density at radius 3 is 1.40 bits per heavy atom. The van der Waals surface area contributed by atoms with Gasteiger partial charge < -0.3 is 5.11 Å². The first-order valence-electron chi connectivity index (χ1n) is 10.6. The molecular formula is C20H42O4S. The first kappa shape index (κ1) is 24.9. The van der Waals surface area contributed by atoms with Crippen molar-refractivity contribution in [2.45, 2.75) is 128 Å². The Kier molecular flexibility index (Phi) is 16.0. The molecule has 4 nitrogen and oxygen atoms in total. The summed E-state index contributed by atoms with van der Waals surface area (Å²) in [6.07, 6.45) is 16.8. The van der Waals surface area contributed by atoms with Crippen LogP contribution in [0, 0.1) is 0 Å². The molecule has 2 unspecified atom stereocenters. The molecule has 0 aromatic rings. The molecule has 0 rings (SSSR count). The Morgan fingerprint density at radius 2 is 1.04 bits per heavy atom. The molecular weight excluding hydrogens is 336 g/mol. The second kappa shape index (κ2) is 16.1. The summed E-state index contributed by atoms with van der Waals surface area (Å²) >= 11 is 0. The fourth-order valence-electron chi connectivity index (χ4n) is 3.38. The largest absolute Gasteiger partial charge is 0.392 e. The van der Waals surface area contributed by atoms with E-state index >= 15 is 0 Å². The van der Waals surface area contributed by atoms with E-state index in [0.717, 1.165) is 19.3 Å². The molecule has 2 N–H and O–H groups in total. The van der Waals surface area contributed by atoms with E-state index in [4.69, 9.17) is 0 Å². The number of aliphatic hydroxyl groups excluding tert-OH is 1. The van der Waals surface area contributed by atoms with Gasteiger partial charge in [0, 0.05) is 0 Å². The fourth-order valence-corrected chi connectivity index (χ4v) is 4.45. The van der Waals surface area contributed by atoms with Crippen molar-refractivity contribution in [3.05, 3.63) is 0 Å². The normalized spacial score (nSPS) is 14.6. The van der Waals surface area contributed by atoms with Crippen molar-refractivity contribution in [2.75, 3.05) is 0 Å². The second-order valence-electron chi connectivity index (χ2n) is 7.44. The van der Waals surface area contributed by atoms with Gasteiger partial charge in [0.2, 0.25) is 0 Å². The summed E-state index contributed by atoms with van der Waals surface area (Å²) < 4.78 is 31.8. The van der Waals surface area contributed by atoms with E-state index in [0.29, 0.717) is 19.3 Å². The quantitative estimate of drug-likeness (QED) is 0.230. The standard InChI is InChI=1S/C20H42O4S/c1-3-5-6-7-8-9-10-11-12-13-14-15-16-18-19(21)20(17-4-2)25(22,23)24/h19-21H,3-18H2,1-2H3,(H,22,23,24). The summed E-state index contributed by atoms with van der Waals surface area (Å²) in [5.41, 5.74) is 0. The van der Waals surface area contributed by atoms with Gasteiger partial charge >= 0.3 is 0 Å². The van der Waals surface area contributed by atoms with E-state index in [-0.39, 0.29) is 0 Å². The smallest absolute Gasteiger partial charge is 0.270 e. The van der Waals surface area contributed by atoms with E-state index < -0.39 is 21.5 Å². The molecule has 0 amide bonds. The lowest BCUT2D eigenvalue weighted by atomic mass is 10.0. The summed E-state index contributed by atoms with van der Waals surface area (Å²) in [5.74, 6) is 0. The average Bonchev–Trinajstić information content (AvgIpc) is 2.55.